The highest BCUT2D eigenvalue weighted by Gasteiger charge is 2.72. The molecule has 220 valence electrons. The van der Waals surface area contributed by atoms with Crippen LogP contribution in [-0.4, -0.2) is 50.8 Å². The van der Waals surface area contributed by atoms with Crippen molar-refractivity contribution < 1.29 is 33.0 Å². The highest BCUT2D eigenvalue weighted by atomic mass is 19.1. The average Bonchev–Trinajstić information content (AvgIpc) is 3.49. The lowest BCUT2D eigenvalue weighted by molar-refractivity contribution is 0.0664. The van der Waals surface area contributed by atoms with Crippen LogP contribution in [0.2, 0.25) is 0 Å². The van der Waals surface area contributed by atoms with Gasteiger partial charge in [-0.3, -0.25) is 14.4 Å². The summed E-state index contributed by atoms with van der Waals surface area (Å²) in [4.78, 5) is 46.4. The van der Waals surface area contributed by atoms with Crippen LogP contribution in [0, 0.1) is 11.2 Å². The van der Waals surface area contributed by atoms with Crippen molar-refractivity contribution in [2.24, 2.45) is 5.41 Å². The molecule has 0 unspecified atom stereocenters. The predicted molar refractivity (Wildman–Crippen MR) is 163 cm³/mol. The van der Waals surface area contributed by atoms with Crippen molar-refractivity contribution >= 4 is 29.1 Å². The molecule has 2 heterocycles. The maximum absolute atomic E-state index is 14.9. The number of carbonyl (C=O) groups excluding carboxylic acids is 3. The minimum atomic E-state index is -1.74. The number of nitrogens with zero attached hydrogens (tertiary/aromatic N) is 1. The second kappa shape index (κ2) is 10.2. The standard InChI is InChI=1S/C36H28FNO6/c1-42-23-12-8-20(9-13-23)33(39)32-31(27-19-24(43-2)14-16-29(27)44-3)36(34(40)25-6-4-5-7-26(25)35(36)41)30-17-10-21-18-22(37)11-15-28(21)38(30)32/h4-19,30-32H,1-3H3/t30-,31-,32-/m0/s1. The fraction of sp³-hybridized carbons (Fsp3) is 0.194. The number of halogens is 1. The number of carbonyl (C=O) groups is 3. The summed E-state index contributed by atoms with van der Waals surface area (Å²) in [6, 6.07) is 21.0. The van der Waals surface area contributed by atoms with Crippen molar-refractivity contribution in [3.63, 3.8) is 0 Å². The van der Waals surface area contributed by atoms with Gasteiger partial charge >= 0.3 is 0 Å². The molecule has 3 atom stereocenters. The smallest absolute Gasteiger partial charge is 0.185 e. The van der Waals surface area contributed by atoms with Gasteiger partial charge in [0.15, 0.2) is 17.3 Å². The highest BCUT2D eigenvalue weighted by Crippen LogP contribution is 2.62. The minimum Gasteiger partial charge on any atom is -0.497 e. The second-order valence-electron chi connectivity index (χ2n) is 11.1. The van der Waals surface area contributed by atoms with Crippen LogP contribution in [0.4, 0.5) is 10.1 Å². The molecule has 4 aromatic rings. The molecule has 3 aliphatic rings. The fourth-order valence-electron chi connectivity index (χ4n) is 7.30. The monoisotopic (exact) mass is 589 g/mol. The van der Waals surface area contributed by atoms with Gasteiger partial charge in [-0.05, 0) is 60.7 Å². The Labute approximate surface area is 253 Å². The largest absolute Gasteiger partial charge is 0.497 e. The zero-order valence-electron chi connectivity index (χ0n) is 24.2. The van der Waals surface area contributed by atoms with E-state index in [0.29, 0.717) is 50.8 Å². The Morgan fingerprint density at radius 2 is 1.45 bits per heavy atom. The van der Waals surface area contributed by atoms with Crippen LogP contribution >= 0.6 is 0 Å². The third-order valence-electron chi connectivity index (χ3n) is 9.18. The number of fused-ring (bicyclic) bond motifs is 5. The van der Waals surface area contributed by atoms with Gasteiger partial charge in [-0.25, -0.2) is 4.39 Å². The van der Waals surface area contributed by atoms with E-state index < -0.39 is 29.2 Å². The Morgan fingerprint density at radius 1 is 0.795 bits per heavy atom. The van der Waals surface area contributed by atoms with Crippen molar-refractivity contribution in [3.05, 3.63) is 125 Å². The van der Waals surface area contributed by atoms with Crippen molar-refractivity contribution in [2.75, 3.05) is 26.2 Å². The number of ether oxygens (including phenoxy) is 3. The SMILES string of the molecule is COc1ccc(C(=O)[C@@H]2[C@H](c3cc(OC)ccc3OC)C3(C(=O)c4ccccc4C3=O)[C@@H]3C=Cc4cc(F)ccc4N23)cc1. The van der Waals surface area contributed by atoms with E-state index in [-0.39, 0.29) is 17.3 Å². The molecular formula is C36H28FNO6. The number of anilines is 1. The molecule has 0 bridgehead atoms. The Morgan fingerprint density at radius 3 is 2.09 bits per heavy atom. The van der Waals surface area contributed by atoms with Gasteiger partial charge in [0.1, 0.15) is 34.5 Å². The summed E-state index contributed by atoms with van der Waals surface area (Å²) in [7, 11) is 4.57. The molecule has 4 aromatic carbocycles. The lowest BCUT2D eigenvalue weighted by Crippen LogP contribution is -2.48. The molecule has 1 spiro atoms. The lowest BCUT2D eigenvalue weighted by atomic mass is 9.64. The quantitative estimate of drug-likeness (QED) is 0.197. The van der Waals surface area contributed by atoms with Gasteiger partial charge in [-0.2, -0.15) is 0 Å². The first-order valence-corrected chi connectivity index (χ1v) is 14.2. The van der Waals surface area contributed by atoms with E-state index in [0.717, 1.165) is 0 Å². The molecule has 44 heavy (non-hydrogen) atoms. The number of rotatable bonds is 6. The van der Waals surface area contributed by atoms with Gasteiger partial charge in [0.05, 0.1) is 27.4 Å². The summed E-state index contributed by atoms with van der Waals surface area (Å²) in [6.07, 6.45) is 3.48. The summed E-state index contributed by atoms with van der Waals surface area (Å²) < 4.78 is 31.2. The number of Topliss-reactive ketones (excluding diaryl/α,β-unsaturated/α-hetero) is 3. The average molecular weight is 590 g/mol. The van der Waals surface area contributed by atoms with Gasteiger partial charge in [-0.15, -0.1) is 0 Å². The zero-order chi connectivity index (χ0) is 30.7. The van der Waals surface area contributed by atoms with E-state index in [1.165, 1.54) is 26.4 Å². The first kappa shape index (κ1) is 27.6. The zero-order valence-corrected chi connectivity index (χ0v) is 24.2. The van der Waals surface area contributed by atoms with E-state index >= 15 is 0 Å². The van der Waals surface area contributed by atoms with Crippen LogP contribution in [-0.2, 0) is 0 Å². The summed E-state index contributed by atoms with van der Waals surface area (Å²) in [5.74, 6) is -1.05. The van der Waals surface area contributed by atoms with Gasteiger partial charge in [0.25, 0.3) is 0 Å². The molecule has 1 saturated heterocycles. The van der Waals surface area contributed by atoms with E-state index in [1.54, 1.807) is 92.1 Å². The third kappa shape index (κ3) is 3.70. The van der Waals surface area contributed by atoms with Crippen molar-refractivity contribution in [2.45, 2.75) is 18.0 Å². The maximum atomic E-state index is 14.9. The number of methoxy groups -OCH3 is 3. The van der Waals surface area contributed by atoms with Crippen LogP contribution in [0.3, 0.4) is 0 Å². The molecule has 0 amide bonds. The summed E-state index contributed by atoms with van der Waals surface area (Å²) in [5.41, 5.74) is 0.814. The second-order valence-corrected chi connectivity index (χ2v) is 11.1. The van der Waals surface area contributed by atoms with Gasteiger partial charge in [0, 0.05) is 39.4 Å². The maximum Gasteiger partial charge on any atom is 0.185 e. The van der Waals surface area contributed by atoms with E-state index in [4.69, 9.17) is 14.2 Å². The molecule has 0 aromatic heterocycles. The van der Waals surface area contributed by atoms with Crippen molar-refractivity contribution in [1.29, 1.82) is 0 Å². The topological polar surface area (TPSA) is 82.1 Å². The number of ketones is 3. The van der Waals surface area contributed by atoms with Crippen molar-refractivity contribution in [1.82, 2.24) is 0 Å². The predicted octanol–water partition coefficient (Wildman–Crippen LogP) is 6.17. The molecule has 8 heteroatoms. The molecule has 7 rings (SSSR count). The molecule has 0 saturated carbocycles. The first-order valence-electron chi connectivity index (χ1n) is 14.2. The van der Waals surface area contributed by atoms with Crippen LogP contribution < -0.4 is 19.1 Å². The summed E-state index contributed by atoms with van der Waals surface area (Å²) in [6.45, 7) is 0. The van der Waals surface area contributed by atoms with Crippen molar-refractivity contribution in [3.8, 4) is 17.2 Å². The van der Waals surface area contributed by atoms with Gasteiger partial charge < -0.3 is 19.1 Å². The number of hydrogen-bond donors (Lipinski definition) is 0. The Balaban J connectivity index is 1.57. The van der Waals surface area contributed by atoms with Gasteiger partial charge in [-0.1, -0.05) is 36.4 Å². The fourth-order valence-corrected chi connectivity index (χ4v) is 7.30. The summed E-state index contributed by atoms with van der Waals surface area (Å²) >= 11 is 0. The highest BCUT2D eigenvalue weighted by molar-refractivity contribution is 6.32. The molecule has 2 aliphatic heterocycles. The molecule has 0 radical (unpaired) electrons. The van der Waals surface area contributed by atoms with Crippen LogP contribution in [0.15, 0.2) is 91.0 Å². The van der Waals surface area contributed by atoms with E-state index in [1.807, 2.05) is 4.90 Å². The van der Waals surface area contributed by atoms with Crippen LogP contribution in [0.1, 0.15) is 48.1 Å². The number of benzene rings is 4. The Hall–Kier alpha value is -5.24. The minimum absolute atomic E-state index is 0.306. The van der Waals surface area contributed by atoms with Crippen LogP contribution in [0.25, 0.3) is 6.08 Å². The van der Waals surface area contributed by atoms with Gasteiger partial charge in [0.2, 0.25) is 0 Å². The Kier molecular flexibility index (Phi) is 6.39. The normalized spacial score (nSPS) is 20.7. The molecule has 1 fully saturated rings. The Bertz CT molecular complexity index is 1850. The number of hydrogen-bond acceptors (Lipinski definition) is 7. The first-order chi connectivity index (χ1) is 21.3. The van der Waals surface area contributed by atoms with E-state index in [2.05, 4.69) is 0 Å². The van der Waals surface area contributed by atoms with E-state index in [9.17, 15) is 18.8 Å². The lowest BCUT2D eigenvalue weighted by Gasteiger charge is -2.37. The molecule has 1 aliphatic carbocycles. The molecule has 0 N–H and O–H groups in total. The third-order valence-corrected chi connectivity index (χ3v) is 9.18. The summed E-state index contributed by atoms with van der Waals surface area (Å²) in [5, 5.41) is 0. The van der Waals surface area contributed by atoms with Crippen LogP contribution in [0.5, 0.6) is 17.2 Å². The molecular weight excluding hydrogens is 561 g/mol. The molecule has 7 nitrogen and oxygen atoms in total.